The number of aromatic nitrogens is 1. The molecule has 114 valence electrons. The number of pyridine rings is 1. The highest BCUT2D eigenvalue weighted by Gasteiger charge is 2.13. The van der Waals surface area contributed by atoms with Crippen LogP contribution in [0.25, 0.3) is 0 Å². The average Bonchev–Trinajstić information content (AvgIpc) is 2.58. The second-order valence-electron chi connectivity index (χ2n) is 4.96. The fourth-order valence-electron chi connectivity index (χ4n) is 2.26. The number of benzene rings is 1. The number of nitrogens with zero attached hydrogens (tertiary/aromatic N) is 2. The van der Waals surface area contributed by atoms with Crippen LogP contribution in [0.1, 0.15) is 10.5 Å². The van der Waals surface area contributed by atoms with E-state index in [1.807, 2.05) is 6.07 Å². The number of carbonyl (C=O) groups excluding carboxylic acids is 1. The quantitative estimate of drug-likeness (QED) is 0.945. The van der Waals surface area contributed by atoms with Gasteiger partial charge >= 0.3 is 0 Å². The summed E-state index contributed by atoms with van der Waals surface area (Å²) in [6, 6.07) is 9.17. The lowest BCUT2D eigenvalue weighted by atomic mass is 10.2. The van der Waals surface area contributed by atoms with Crippen molar-refractivity contribution in [3.05, 3.63) is 54.1 Å². The SMILES string of the molecule is O=C(Nc1ccc(F)cc1)c1ccc(N2CCOCC2)cn1. The molecular weight excluding hydrogens is 285 g/mol. The molecular formula is C16H16FN3O2. The van der Waals surface area contributed by atoms with Crippen molar-refractivity contribution < 1.29 is 13.9 Å². The van der Waals surface area contributed by atoms with Gasteiger partial charge in [-0.15, -0.1) is 0 Å². The van der Waals surface area contributed by atoms with Crippen molar-refractivity contribution in [2.24, 2.45) is 0 Å². The normalized spacial score (nSPS) is 14.7. The van der Waals surface area contributed by atoms with Crippen LogP contribution in [-0.2, 0) is 4.74 Å². The van der Waals surface area contributed by atoms with Gasteiger partial charge in [-0.1, -0.05) is 0 Å². The molecule has 6 heteroatoms. The number of morpholine rings is 1. The Labute approximate surface area is 127 Å². The Hall–Kier alpha value is -2.47. The van der Waals surface area contributed by atoms with Gasteiger partial charge in [-0.2, -0.15) is 0 Å². The van der Waals surface area contributed by atoms with Crippen LogP contribution >= 0.6 is 0 Å². The zero-order chi connectivity index (χ0) is 15.4. The predicted octanol–water partition coefficient (Wildman–Crippen LogP) is 2.31. The summed E-state index contributed by atoms with van der Waals surface area (Å²) in [6.07, 6.45) is 1.69. The summed E-state index contributed by atoms with van der Waals surface area (Å²) in [5.74, 6) is -0.661. The van der Waals surface area contributed by atoms with E-state index in [-0.39, 0.29) is 11.7 Å². The van der Waals surface area contributed by atoms with E-state index in [1.165, 1.54) is 24.3 Å². The first-order valence-electron chi connectivity index (χ1n) is 7.08. The Morgan fingerprint density at radius 2 is 1.86 bits per heavy atom. The number of halogens is 1. The van der Waals surface area contributed by atoms with Crippen molar-refractivity contribution in [3.8, 4) is 0 Å². The second-order valence-corrected chi connectivity index (χ2v) is 4.96. The molecule has 0 aliphatic carbocycles. The highest BCUT2D eigenvalue weighted by molar-refractivity contribution is 6.02. The summed E-state index contributed by atoms with van der Waals surface area (Å²) >= 11 is 0. The number of hydrogen-bond acceptors (Lipinski definition) is 4. The van der Waals surface area contributed by atoms with Gasteiger partial charge in [-0.05, 0) is 36.4 Å². The summed E-state index contributed by atoms with van der Waals surface area (Å²) in [5.41, 5.74) is 1.83. The monoisotopic (exact) mass is 301 g/mol. The first-order valence-corrected chi connectivity index (χ1v) is 7.08. The van der Waals surface area contributed by atoms with E-state index >= 15 is 0 Å². The molecule has 1 amide bonds. The van der Waals surface area contributed by atoms with Crippen LogP contribution in [0.4, 0.5) is 15.8 Å². The number of amides is 1. The molecule has 0 bridgehead atoms. The van der Waals surface area contributed by atoms with Crippen LogP contribution in [-0.4, -0.2) is 37.2 Å². The molecule has 0 atom stereocenters. The molecule has 1 saturated heterocycles. The van der Waals surface area contributed by atoms with Crippen molar-refractivity contribution in [3.63, 3.8) is 0 Å². The van der Waals surface area contributed by atoms with Crippen molar-refractivity contribution in [2.45, 2.75) is 0 Å². The minimum absolute atomic E-state index is 0.319. The van der Waals surface area contributed by atoms with Crippen molar-refractivity contribution in [1.29, 1.82) is 0 Å². The third-order valence-electron chi connectivity index (χ3n) is 3.46. The number of rotatable bonds is 3. The highest BCUT2D eigenvalue weighted by Crippen LogP contribution is 2.15. The number of carbonyl (C=O) groups is 1. The van der Waals surface area contributed by atoms with Crippen molar-refractivity contribution in [1.82, 2.24) is 4.98 Å². The molecule has 0 radical (unpaired) electrons. The van der Waals surface area contributed by atoms with E-state index in [0.717, 1.165) is 18.8 Å². The minimum atomic E-state index is -0.342. The van der Waals surface area contributed by atoms with E-state index in [1.54, 1.807) is 12.3 Å². The zero-order valence-corrected chi connectivity index (χ0v) is 12.0. The molecule has 1 aromatic heterocycles. The summed E-state index contributed by atoms with van der Waals surface area (Å²) in [7, 11) is 0. The van der Waals surface area contributed by atoms with Crippen LogP contribution in [0.2, 0.25) is 0 Å². The number of anilines is 2. The van der Waals surface area contributed by atoms with Crippen LogP contribution in [0.3, 0.4) is 0 Å². The Balaban J connectivity index is 1.66. The van der Waals surface area contributed by atoms with Crippen molar-refractivity contribution >= 4 is 17.3 Å². The van der Waals surface area contributed by atoms with Gasteiger partial charge in [0.25, 0.3) is 5.91 Å². The van der Waals surface area contributed by atoms with Gasteiger partial charge in [-0.3, -0.25) is 4.79 Å². The van der Waals surface area contributed by atoms with Gasteiger partial charge in [0.05, 0.1) is 25.1 Å². The summed E-state index contributed by atoms with van der Waals surface area (Å²) in [5, 5.41) is 2.68. The summed E-state index contributed by atoms with van der Waals surface area (Å²) < 4.78 is 18.1. The molecule has 22 heavy (non-hydrogen) atoms. The number of nitrogens with one attached hydrogen (secondary N) is 1. The van der Waals surface area contributed by atoms with E-state index in [4.69, 9.17) is 4.74 Å². The highest BCUT2D eigenvalue weighted by atomic mass is 19.1. The molecule has 5 nitrogen and oxygen atoms in total. The van der Waals surface area contributed by atoms with Gasteiger partial charge < -0.3 is 15.0 Å². The molecule has 3 rings (SSSR count). The minimum Gasteiger partial charge on any atom is -0.378 e. The smallest absolute Gasteiger partial charge is 0.274 e. The third kappa shape index (κ3) is 3.40. The van der Waals surface area contributed by atoms with E-state index in [2.05, 4.69) is 15.2 Å². The lowest BCUT2D eigenvalue weighted by Crippen LogP contribution is -2.36. The summed E-state index contributed by atoms with van der Waals surface area (Å²) in [4.78, 5) is 18.4. The van der Waals surface area contributed by atoms with E-state index in [9.17, 15) is 9.18 Å². The van der Waals surface area contributed by atoms with Crippen LogP contribution in [0, 0.1) is 5.82 Å². The topological polar surface area (TPSA) is 54.5 Å². The Bertz CT molecular complexity index is 637. The standard InChI is InChI=1S/C16H16FN3O2/c17-12-1-3-13(4-2-12)19-16(21)15-6-5-14(11-18-15)20-7-9-22-10-8-20/h1-6,11H,7-10H2,(H,19,21). The molecule has 1 N–H and O–H groups in total. The Kier molecular flexibility index (Phi) is 4.29. The number of ether oxygens (including phenoxy) is 1. The maximum absolute atomic E-state index is 12.8. The molecule has 1 aliphatic rings. The van der Waals surface area contributed by atoms with Crippen LogP contribution in [0.15, 0.2) is 42.6 Å². The fraction of sp³-hybridized carbons (Fsp3) is 0.250. The van der Waals surface area contributed by atoms with Gasteiger partial charge in [0.15, 0.2) is 0 Å². The van der Waals surface area contributed by atoms with Gasteiger partial charge in [0, 0.05) is 18.8 Å². The first-order chi connectivity index (χ1) is 10.7. The lowest BCUT2D eigenvalue weighted by Gasteiger charge is -2.28. The van der Waals surface area contributed by atoms with Crippen molar-refractivity contribution in [2.75, 3.05) is 36.5 Å². The molecule has 1 fully saturated rings. The Morgan fingerprint density at radius 1 is 1.14 bits per heavy atom. The maximum atomic E-state index is 12.8. The maximum Gasteiger partial charge on any atom is 0.274 e. The van der Waals surface area contributed by atoms with Crippen LogP contribution < -0.4 is 10.2 Å². The third-order valence-corrected chi connectivity index (χ3v) is 3.46. The fourth-order valence-corrected chi connectivity index (χ4v) is 2.26. The average molecular weight is 301 g/mol. The van der Waals surface area contributed by atoms with Gasteiger partial charge in [-0.25, -0.2) is 9.37 Å². The van der Waals surface area contributed by atoms with E-state index in [0.29, 0.717) is 24.6 Å². The molecule has 2 heterocycles. The molecule has 2 aromatic rings. The largest absolute Gasteiger partial charge is 0.378 e. The van der Waals surface area contributed by atoms with Gasteiger partial charge in [0.2, 0.25) is 0 Å². The lowest BCUT2D eigenvalue weighted by molar-refractivity contribution is 0.102. The van der Waals surface area contributed by atoms with Crippen LogP contribution in [0.5, 0.6) is 0 Å². The van der Waals surface area contributed by atoms with E-state index < -0.39 is 0 Å². The Morgan fingerprint density at radius 3 is 2.50 bits per heavy atom. The second kappa shape index (κ2) is 6.53. The molecule has 0 unspecified atom stereocenters. The summed E-state index contributed by atoms with van der Waals surface area (Å²) in [6.45, 7) is 3.05. The molecule has 0 spiro atoms. The van der Waals surface area contributed by atoms with Gasteiger partial charge in [0.1, 0.15) is 11.5 Å². The molecule has 1 aromatic carbocycles. The molecule has 0 saturated carbocycles. The zero-order valence-electron chi connectivity index (χ0n) is 12.0. The first kappa shape index (κ1) is 14.5. The molecule has 1 aliphatic heterocycles. The predicted molar refractivity (Wildman–Crippen MR) is 81.6 cm³/mol. The number of hydrogen-bond donors (Lipinski definition) is 1.